The molecule has 1 N–H and O–H groups in total. The monoisotopic (exact) mass is 340 g/mol. The second-order valence-corrected chi connectivity index (χ2v) is 7.73. The average molecular weight is 340 g/mol. The molecular weight excluding hydrogens is 320 g/mol. The number of rotatable bonds is 3. The zero-order chi connectivity index (χ0) is 17.5. The molecule has 3 rings (SSSR count). The number of nitrogens with one attached hydrogen (secondary N) is 1. The van der Waals surface area contributed by atoms with Crippen LogP contribution in [-0.4, -0.2) is 13.4 Å². The standard InChI is InChI=1S/C19H20N2O2S/c1-12-10-13(2)15(4)19(14(12)3)24(22,23)21-17-7-8-18-16(11-17)6-5-9-20-18/h5-11,21H,1-4H3. The van der Waals surface area contributed by atoms with Crippen molar-refractivity contribution in [3.63, 3.8) is 0 Å². The summed E-state index contributed by atoms with van der Waals surface area (Å²) in [4.78, 5) is 4.62. The van der Waals surface area contributed by atoms with Crippen molar-refractivity contribution in [2.24, 2.45) is 0 Å². The number of aromatic nitrogens is 1. The van der Waals surface area contributed by atoms with Crippen LogP contribution >= 0.6 is 0 Å². The minimum Gasteiger partial charge on any atom is -0.280 e. The van der Waals surface area contributed by atoms with Crippen LogP contribution in [0.15, 0.2) is 47.5 Å². The first-order valence-corrected chi connectivity index (χ1v) is 9.23. The Labute approximate surface area is 142 Å². The van der Waals surface area contributed by atoms with E-state index in [1.165, 1.54) is 0 Å². The number of fused-ring (bicyclic) bond motifs is 1. The molecule has 1 aromatic heterocycles. The molecule has 0 amide bonds. The molecule has 24 heavy (non-hydrogen) atoms. The Morgan fingerprint density at radius 3 is 2.25 bits per heavy atom. The second-order valence-electron chi connectivity index (χ2n) is 6.11. The van der Waals surface area contributed by atoms with E-state index in [1.54, 1.807) is 18.3 Å². The molecule has 0 fully saturated rings. The summed E-state index contributed by atoms with van der Waals surface area (Å²) in [6.07, 6.45) is 1.72. The molecule has 0 bridgehead atoms. The van der Waals surface area contributed by atoms with Crippen LogP contribution in [0.2, 0.25) is 0 Å². The van der Waals surface area contributed by atoms with Gasteiger partial charge in [0.15, 0.2) is 0 Å². The van der Waals surface area contributed by atoms with E-state index in [0.29, 0.717) is 10.6 Å². The lowest BCUT2D eigenvalue weighted by Crippen LogP contribution is -2.17. The van der Waals surface area contributed by atoms with Crippen LogP contribution in [0, 0.1) is 27.7 Å². The molecular formula is C19H20N2O2S. The van der Waals surface area contributed by atoms with Crippen molar-refractivity contribution in [1.29, 1.82) is 0 Å². The molecule has 4 nitrogen and oxygen atoms in total. The van der Waals surface area contributed by atoms with Gasteiger partial charge in [-0.05, 0) is 74.2 Å². The number of hydrogen-bond acceptors (Lipinski definition) is 3. The van der Waals surface area contributed by atoms with Crippen molar-refractivity contribution >= 4 is 26.6 Å². The molecule has 0 aliphatic carbocycles. The van der Waals surface area contributed by atoms with E-state index >= 15 is 0 Å². The average Bonchev–Trinajstić information content (AvgIpc) is 2.52. The van der Waals surface area contributed by atoms with Gasteiger partial charge in [0.2, 0.25) is 0 Å². The van der Waals surface area contributed by atoms with Crippen molar-refractivity contribution in [2.75, 3.05) is 4.72 Å². The van der Waals surface area contributed by atoms with Crippen LogP contribution in [0.1, 0.15) is 22.3 Å². The molecule has 0 saturated carbocycles. The molecule has 0 atom stereocenters. The Balaban J connectivity index is 2.08. The molecule has 124 valence electrons. The topological polar surface area (TPSA) is 59.1 Å². The maximum atomic E-state index is 13.0. The molecule has 1 heterocycles. The van der Waals surface area contributed by atoms with E-state index in [1.807, 2.05) is 52.0 Å². The summed E-state index contributed by atoms with van der Waals surface area (Å²) >= 11 is 0. The largest absolute Gasteiger partial charge is 0.280 e. The Hall–Kier alpha value is -2.40. The zero-order valence-corrected chi connectivity index (χ0v) is 15.0. The van der Waals surface area contributed by atoms with Gasteiger partial charge < -0.3 is 0 Å². The van der Waals surface area contributed by atoms with Crippen LogP contribution in [0.25, 0.3) is 10.9 Å². The van der Waals surface area contributed by atoms with Gasteiger partial charge in [-0.25, -0.2) is 8.42 Å². The Morgan fingerprint density at radius 2 is 1.58 bits per heavy atom. The molecule has 2 aromatic carbocycles. The summed E-state index contributed by atoms with van der Waals surface area (Å²) in [6, 6.07) is 11.1. The van der Waals surface area contributed by atoms with Crippen LogP contribution < -0.4 is 4.72 Å². The molecule has 0 radical (unpaired) electrons. The summed E-state index contributed by atoms with van der Waals surface area (Å²) in [7, 11) is -3.66. The maximum Gasteiger partial charge on any atom is 0.262 e. The van der Waals surface area contributed by atoms with E-state index in [9.17, 15) is 8.42 Å². The number of aryl methyl sites for hydroxylation is 2. The Bertz CT molecular complexity index is 1010. The fraction of sp³-hybridized carbons (Fsp3) is 0.211. The van der Waals surface area contributed by atoms with Crippen molar-refractivity contribution in [2.45, 2.75) is 32.6 Å². The number of pyridine rings is 1. The molecule has 0 saturated heterocycles. The highest BCUT2D eigenvalue weighted by Crippen LogP contribution is 2.28. The number of sulfonamides is 1. The number of nitrogens with zero attached hydrogens (tertiary/aromatic N) is 1. The maximum absolute atomic E-state index is 13.0. The van der Waals surface area contributed by atoms with Gasteiger partial charge in [-0.15, -0.1) is 0 Å². The van der Waals surface area contributed by atoms with E-state index in [-0.39, 0.29) is 0 Å². The molecule has 0 aliphatic rings. The Kier molecular flexibility index (Phi) is 4.05. The lowest BCUT2D eigenvalue weighted by atomic mass is 10.0. The third-order valence-electron chi connectivity index (χ3n) is 4.42. The fourth-order valence-corrected chi connectivity index (χ4v) is 4.60. The summed E-state index contributed by atoms with van der Waals surface area (Å²) in [5, 5.41) is 0.895. The molecule has 0 aliphatic heterocycles. The van der Waals surface area contributed by atoms with E-state index in [2.05, 4.69) is 9.71 Å². The highest BCUT2D eigenvalue weighted by atomic mass is 32.2. The fourth-order valence-electron chi connectivity index (χ4n) is 2.93. The van der Waals surface area contributed by atoms with Crippen LogP contribution in [0.3, 0.4) is 0 Å². The quantitative estimate of drug-likeness (QED) is 0.774. The smallest absolute Gasteiger partial charge is 0.262 e. The van der Waals surface area contributed by atoms with Gasteiger partial charge in [0.1, 0.15) is 0 Å². The van der Waals surface area contributed by atoms with Gasteiger partial charge in [0.05, 0.1) is 10.4 Å². The van der Waals surface area contributed by atoms with Crippen molar-refractivity contribution in [3.8, 4) is 0 Å². The number of anilines is 1. The lowest BCUT2D eigenvalue weighted by molar-refractivity contribution is 0.599. The first-order chi connectivity index (χ1) is 11.3. The van der Waals surface area contributed by atoms with Gasteiger partial charge in [-0.3, -0.25) is 9.71 Å². The summed E-state index contributed by atoms with van der Waals surface area (Å²) in [5.74, 6) is 0. The van der Waals surface area contributed by atoms with E-state index in [4.69, 9.17) is 0 Å². The van der Waals surface area contributed by atoms with Crippen molar-refractivity contribution in [1.82, 2.24) is 4.98 Å². The van der Waals surface area contributed by atoms with Gasteiger partial charge in [0.25, 0.3) is 10.0 Å². The van der Waals surface area contributed by atoms with Gasteiger partial charge in [0, 0.05) is 17.3 Å². The second kappa shape index (κ2) is 5.91. The normalized spacial score (nSPS) is 11.7. The molecule has 3 aromatic rings. The van der Waals surface area contributed by atoms with Crippen molar-refractivity contribution in [3.05, 3.63) is 64.8 Å². The van der Waals surface area contributed by atoms with Crippen LogP contribution in [0.4, 0.5) is 5.69 Å². The highest BCUT2D eigenvalue weighted by Gasteiger charge is 2.22. The van der Waals surface area contributed by atoms with Gasteiger partial charge in [-0.1, -0.05) is 12.1 Å². The van der Waals surface area contributed by atoms with Crippen LogP contribution in [0.5, 0.6) is 0 Å². The van der Waals surface area contributed by atoms with Gasteiger partial charge in [-0.2, -0.15) is 0 Å². The number of benzene rings is 2. The van der Waals surface area contributed by atoms with E-state index in [0.717, 1.165) is 33.2 Å². The number of hydrogen-bond donors (Lipinski definition) is 1. The Morgan fingerprint density at radius 1 is 0.917 bits per heavy atom. The molecule has 0 unspecified atom stereocenters. The third kappa shape index (κ3) is 2.87. The van der Waals surface area contributed by atoms with Crippen molar-refractivity contribution < 1.29 is 8.42 Å². The first kappa shape index (κ1) is 16.5. The van der Waals surface area contributed by atoms with Crippen LogP contribution in [-0.2, 0) is 10.0 Å². The molecule has 5 heteroatoms. The zero-order valence-electron chi connectivity index (χ0n) is 14.2. The predicted octanol–water partition coefficient (Wildman–Crippen LogP) is 4.27. The summed E-state index contributed by atoms with van der Waals surface area (Å²) < 4.78 is 28.6. The minimum atomic E-state index is -3.66. The minimum absolute atomic E-state index is 0.367. The summed E-state index contributed by atoms with van der Waals surface area (Å²) in [6.45, 7) is 7.56. The molecule has 0 spiro atoms. The first-order valence-electron chi connectivity index (χ1n) is 7.74. The SMILES string of the molecule is Cc1cc(C)c(C)c(S(=O)(=O)Nc2ccc3ncccc3c2)c1C. The van der Waals surface area contributed by atoms with E-state index < -0.39 is 10.0 Å². The predicted molar refractivity (Wildman–Crippen MR) is 97.9 cm³/mol. The highest BCUT2D eigenvalue weighted by molar-refractivity contribution is 7.92. The van der Waals surface area contributed by atoms with Gasteiger partial charge >= 0.3 is 0 Å². The third-order valence-corrected chi connectivity index (χ3v) is 6.08. The summed E-state index contributed by atoms with van der Waals surface area (Å²) in [5.41, 5.74) is 4.89. The lowest BCUT2D eigenvalue weighted by Gasteiger charge is -2.17.